The molecule has 0 N–H and O–H groups in total. The first kappa shape index (κ1) is 20.0. The lowest BCUT2D eigenvalue weighted by Gasteiger charge is -2.32. The monoisotopic (exact) mass is 441 g/mol. The van der Waals surface area contributed by atoms with Crippen LogP contribution in [-0.2, 0) is 10.0 Å². The van der Waals surface area contributed by atoms with E-state index >= 15 is 0 Å². The zero-order valence-corrected chi connectivity index (χ0v) is 18.1. The van der Waals surface area contributed by atoms with Gasteiger partial charge in [0.05, 0.1) is 19.1 Å². The van der Waals surface area contributed by atoms with E-state index < -0.39 is 16.1 Å². The molecule has 0 unspecified atom stereocenters. The van der Waals surface area contributed by atoms with Gasteiger partial charge >= 0.3 is 0 Å². The van der Waals surface area contributed by atoms with Crippen molar-refractivity contribution in [2.24, 2.45) is 5.92 Å². The summed E-state index contributed by atoms with van der Waals surface area (Å²) in [4.78, 5) is 4.87. The van der Waals surface area contributed by atoms with Gasteiger partial charge < -0.3 is 14.0 Å². The highest BCUT2D eigenvalue weighted by Crippen LogP contribution is 2.52. The Morgan fingerprint density at radius 2 is 1.81 bits per heavy atom. The van der Waals surface area contributed by atoms with Crippen molar-refractivity contribution in [1.29, 1.82) is 0 Å². The number of fused-ring (bicyclic) bond motifs is 2. The zero-order chi connectivity index (χ0) is 21.6. The maximum atomic E-state index is 13.4. The average Bonchev–Trinajstić information content (AvgIpc) is 3.55. The third-order valence-electron chi connectivity index (χ3n) is 6.18. The van der Waals surface area contributed by atoms with Crippen LogP contribution in [0.25, 0.3) is 11.4 Å². The summed E-state index contributed by atoms with van der Waals surface area (Å²) in [6.45, 7) is 0. The van der Waals surface area contributed by atoms with E-state index in [2.05, 4.69) is 10.1 Å². The molecule has 2 bridgehead atoms. The number of hydrogen-bond donors (Lipinski definition) is 0. The Hall–Kier alpha value is -2.91. The summed E-state index contributed by atoms with van der Waals surface area (Å²) in [7, 11) is -0.542. The number of sulfonamides is 1. The second kappa shape index (κ2) is 7.65. The van der Waals surface area contributed by atoms with E-state index in [1.807, 2.05) is 6.07 Å². The molecule has 2 fully saturated rings. The summed E-state index contributed by atoms with van der Waals surface area (Å²) in [5.41, 5.74) is 0.702. The van der Waals surface area contributed by atoms with Crippen molar-refractivity contribution in [2.75, 3.05) is 14.2 Å². The Morgan fingerprint density at radius 1 is 1.03 bits per heavy atom. The molecule has 1 saturated heterocycles. The van der Waals surface area contributed by atoms with Crippen LogP contribution in [0, 0.1) is 5.92 Å². The largest absolute Gasteiger partial charge is 0.493 e. The molecule has 8 nitrogen and oxygen atoms in total. The molecule has 2 heterocycles. The fraction of sp³-hybridized carbons (Fsp3) is 0.364. The third-order valence-corrected chi connectivity index (χ3v) is 8.13. The molecule has 1 aliphatic heterocycles. The van der Waals surface area contributed by atoms with Crippen LogP contribution >= 0.6 is 0 Å². The number of piperidine rings is 1. The van der Waals surface area contributed by atoms with Gasteiger partial charge in [-0.2, -0.15) is 9.29 Å². The van der Waals surface area contributed by atoms with E-state index in [0.717, 1.165) is 19.3 Å². The smallest absolute Gasteiger partial charge is 0.245 e. The number of methoxy groups -OCH3 is 2. The molecular formula is C22H23N3O5S. The van der Waals surface area contributed by atoms with Gasteiger partial charge in [-0.1, -0.05) is 23.4 Å². The minimum atomic E-state index is -3.67. The number of benzene rings is 2. The maximum absolute atomic E-state index is 13.4. The molecule has 2 aliphatic rings. The van der Waals surface area contributed by atoms with Gasteiger partial charge in [-0.05, 0) is 55.5 Å². The lowest BCUT2D eigenvalue weighted by Crippen LogP contribution is -2.40. The summed E-state index contributed by atoms with van der Waals surface area (Å²) in [5, 5.41) is 4.13. The summed E-state index contributed by atoms with van der Waals surface area (Å²) < 4.78 is 44.7. The topological polar surface area (TPSA) is 94.8 Å². The van der Waals surface area contributed by atoms with Crippen molar-refractivity contribution in [2.45, 2.75) is 36.2 Å². The van der Waals surface area contributed by atoms with Gasteiger partial charge in [-0.15, -0.1) is 0 Å². The molecule has 2 aromatic carbocycles. The van der Waals surface area contributed by atoms with E-state index in [1.165, 1.54) is 0 Å². The molecular weight excluding hydrogens is 418 g/mol. The highest BCUT2D eigenvalue weighted by atomic mass is 32.2. The van der Waals surface area contributed by atoms with Gasteiger partial charge in [0.1, 0.15) is 6.04 Å². The van der Waals surface area contributed by atoms with E-state index in [9.17, 15) is 8.42 Å². The van der Waals surface area contributed by atoms with E-state index in [0.29, 0.717) is 28.8 Å². The van der Waals surface area contributed by atoms with Gasteiger partial charge in [-0.3, -0.25) is 0 Å². The summed E-state index contributed by atoms with van der Waals surface area (Å²) in [5.74, 6) is 2.04. The van der Waals surface area contributed by atoms with Crippen LogP contribution in [0.2, 0.25) is 0 Å². The normalized spacial score (nSPS) is 23.2. The SMILES string of the molecule is COc1ccc(-c2noc([C@@H]3[C@@H]4CC[C@@H](C4)N3S(=O)(=O)c3ccccc3)n2)cc1OC. The molecule has 1 saturated carbocycles. The molecule has 31 heavy (non-hydrogen) atoms. The number of nitrogens with zero attached hydrogens (tertiary/aromatic N) is 3. The second-order valence-electron chi connectivity index (χ2n) is 7.85. The van der Waals surface area contributed by atoms with Gasteiger partial charge in [0.2, 0.25) is 21.7 Å². The second-order valence-corrected chi connectivity index (χ2v) is 9.69. The Morgan fingerprint density at radius 3 is 2.55 bits per heavy atom. The third kappa shape index (κ3) is 3.28. The van der Waals surface area contributed by atoms with Gasteiger partial charge in [0.15, 0.2) is 11.5 Å². The molecule has 0 radical (unpaired) electrons. The first-order chi connectivity index (χ1) is 15.0. The minimum absolute atomic E-state index is 0.0448. The van der Waals surface area contributed by atoms with Crippen LogP contribution in [0.1, 0.15) is 31.2 Å². The summed E-state index contributed by atoms with van der Waals surface area (Å²) >= 11 is 0. The Balaban J connectivity index is 1.51. The van der Waals surface area contributed by atoms with Gasteiger partial charge in [0.25, 0.3) is 0 Å². The number of ether oxygens (including phenoxy) is 2. The molecule has 5 rings (SSSR count). The standard InChI is InChI=1S/C22H23N3O5S/c1-28-18-11-9-15(13-19(18)29-2)21-23-22(30-24-21)20-14-8-10-16(12-14)25(20)31(26,27)17-6-4-3-5-7-17/h3-7,9,11,13-14,16,20H,8,10,12H2,1-2H3/t14-,16+,20+/m1/s1. The Labute approximate surface area is 180 Å². The summed E-state index contributed by atoms with van der Waals surface area (Å²) in [6.07, 6.45) is 2.61. The molecule has 3 atom stereocenters. The number of rotatable bonds is 6. The van der Waals surface area contributed by atoms with E-state index in [-0.39, 0.29) is 16.9 Å². The Kier molecular flexibility index (Phi) is 4.94. The number of aromatic nitrogens is 2. The van der Waals surface area contributed by atoms with Crippen molar-refractivity contribution >= 4 is 10.0 Å². The lowest BCUT2D eigenvalue weighted by atomic mass is 10.00. The molecule has 1 aromatic heterocycles. The van der Waals surface area contributed by atoms with E-state index in [1.54, 1.807) is 61.0 Å². The van der Waals surface area contributed by atoms with Crippen LogP contribution in [0.4, 0.5) is 0 Å². The van der Waals surface area contributed by atoms with Crippen LogP contribution in [0.3, 0.4) is 0 Å². The molecule has 0 spiro atoms. The van der Waals surface area contributed by atoms with E-state index in [4.69, 9.17) is 14.0 Å². The molecule has 1 aliphatic carbocycles. The lowest BCUT2D eigenvalue weighted by molar-refractivity contribution is 0.197. The van der Waals surface area contributed by atoms with Crippen molar-refractivity contribution in [3.8, 4) is 22.9 Å². The highest BCUT2D eigenvalue weighted by Gasteiger charge is 2.54. The molecule has 3 aromatic rings. The highest BCUT2D eigenvalue weighted by molar-refractivity contribution is 7.89. The van der Waals surface area contributed by atoms with Gasteiger partial charge in [-0.25, -0.2) is 8.42 Å². The van der Waals surface area contributed by atoms with Crippen molar-refractivity contribution < 1.29 is 22.4 Å². The molecule has 162 valence electrons. The summed E-state index contributed by atoms with van der Waals surface area (Å²) in [6, 6.07) is 13.4. The zero-order valence-electron chi connectivity index (χ0n) is 17.3. The maximum Gasteiger partial charge on any atom is 0.245 e. The number of hydrogen-bond acceptors (Lipinski definition) is 7. The quantitative estimate of drug-likeness (QED) is 0.576. The predicted molar refractivity (Wildman–Crippen MR) is 112 cm³/mol. The molecule has 0 amide bonds. The van der Waals surface area contributed by atoms with Crippen LogP contribution in [0.5, 0.6) is 11.5 Å². The van der Waals surface area contributed by atoms with Crippen LogP contribution in [0.15, 0.2) is 57.9 Å². The fourth-order valence-electron chi connectivity index (χ4n) is 4.76. The minimum Gasteiger partial charge on any atom is -0.493 e. The fourth-order valence-corrected chi connectivity index (χ4v) is 6.65. The van der Waals surface area contributed by atoms with Gasteiger partial charge in [0, 0.05) is 11.6 Å². The Bertz CT molecular complexity index is 1190. The first-order valence-corrected chi connectivity index (χ1v) is 11.6. The van der Waals surface area contributed by atoms with Crippen LogP contribution in [-0.4, -0.2) is 43.1 Å². The van der Waals surface area contributed by atoms with Crippen molar-refractivity contribution in [3.05, 3.63) is 54.4 Å². The average molecular weight is 442 g/mol. The molecule has 9 heteroatoms. The van der Waals surface area contributed by atoms with Crippen molar-refractivity contribution in [1.82, 2.24) is 14.4 Å². The van der Waals surface area contributed by atoms with Crippen molar-refractivity contribution in [3.63, 3.8) is 0 Å². The predicted octanol–water partition coefficient (Wildman–Crippen LogP) is 3.67. The first-order valence-electron chi connectivity index (χ1n) is 10.2. The van der Waals surface area contributed by atoms with Crippen LogP contribution < -0.4 is 9.47 Å².